The molecule has 1 unspecified atom stereocenters. The third-order valence-electron chi connectivity index (χ3n) is 4.71. The molecule has 1 saturated carbocycles. The topological polar surface area (TPSA) is 17.1 Å². The second-order valence-electron chi connectivity index (χ2n) is 6.14. The monoisotopic (exact) mass is 444 g/mol. The molecule has 0 bridgehead atoms. The van der Waals surface area contributed by atoms with E-state index >= 15 is 0 Å². The lowest BCUT2D eigenvalue weighted by molar-refractivity contribution is -0.138. The molecule has 1 aliphatic carbocycles. The SMILES string of the molecule is O=C(C[C@H]1CCC1c1ccccc1C(F)(F)F)c1ccccc1I. The fraction of sp³-hybridized carbons (Fsp3) is 0.316. The number of halogens is 4. The average Bonchev–Trinajstić information content (AvgIpc) is 2.51. The summed E-state index contributed by atoms with van der Waals surface area (Å²) in [7, 11) is 0. The first kappa shape index (κ1) is 17.5. The van der Waals surface area contributed by atoms with E-state index in [0.29, 0.717) is 24.0 Å². The third kappa shape index (κ3) is 3.50. The Kier molecular flexibility index (Phi) is 4.99. The first-order valence-corrected chi connectivity index (χ1v) is 8.89. The molecule has 0 heterocycles. The molecule has 5 heteroatoms. The Hall–Kier alpha value is -1.37. The van der Waals surface area contributed by atoms with Gasteiger partial charge in [0.1, 0.15) is 0 Å². The van der Waals surface area contributed by atoms with Gasteiger partial charge in [-0.05, 0) is 65.0 Å². The minimum absolute atomic E-state index is 0.0131. The van der Waals surface area contributed by atoms with Crippen molar-refractivity contribution in [2.75, 3.05) is 0 Å². The molecule has 0 aromatic heterocycles. The van der Waals surface area contributed by atoms with Gasteiger partial charge in [0.2, 0.25) is 0 Å². The van der Waals surface area contributed by atoms with E-state index in [4.69, 9.17) is 0 Å². The summed E-state index contributed by atoms with van der Waals surface area (Å²) >= 11 is 2.12. The van der Waals surface area contributed by atoms with Crippen LogP contribution in [0.15, 0.2) is 48.5 Å². The first-order chi connectivity index (χ1) is 11.4. The number of alkyl halides is 3. The quantitative estimate of drug-likeness (QED) is 0.413. The second-order valence-corrected chi connectivity index (χ2v) is 7.30. The van der Waals surface area contributed by atoms with Crippen molar-refractivity contribution in [1.29, 1.82) is 0 Å². The van der Waals surface area contributed by atoms with Crippen LogP contribution in [-0.2, 0) is 6.18 Å². The standard InChI is InChI=1S/C19H16F3IO/c20-19(21,22)16-7-3-1-5-14(16)13-10-9-12(13)11-18(24)15-6-2-4-8-17(15)23/h1-8,12-13H,9-11H2/t12-,13?/m1/s1. The molecule has 0 amide bonds. The van der Waals surface area contributed by atoms with E-state index in [0.717, 1.165) is 16.1 Å². The molecule has 1 nitrogen and oxygen atoms in total. The summed E-state index contributed by atoms with van der Waals surface area (Å²) in [6.45, 7) is 0. The molecule has 0 radical (unpaired) electrons. The average molecular weight is 444 g/mol. The van der Waals surface area contributed by atoms with Gasteiger partial charge in [-0.15, -0.1) is 0 Å². The van der Waals surface area contributed by atoms with Gasteiger partial charge in [-0.1, -0.05) is 36.4 Å². The first-order valence-electron chi connectivity index (χ1n) is 7.82. The zero-order valence-electron chi connectivity index (χ0n) is 12.8. The van der Waals surface area contributed by atoms with E-state index in [1.807, 2.05) is 18.2 Å². The van der Waals surface area contributed by atoms with Crippen LogP contribution in [0.5, 0.6) is 0 Å². The molecule has 3 rings (SSSR count). The number of Topliss-reactive ketones (excluding diaryl/α,β-unsaturated/α-hetero) is 1. The zero-order valence-corrected chi connectivity index (χ0v) is 15.0. The van der Waals surface area contributed by atoms with Crippen molar-refractivity contribution in [2.45, 2.75) is 31.4 Å². The minimum Gasteiger partial charge on any atom is -0.294 e. The number of hydrogen-bond acceptors (Lipinski definition) is 1. The van der Waals surface area contributed by atoms with Gasteiger partial charge in [0.05, 0.1) is 5.56 Å². The summed E-state index contributed by atoms with van der Waals surface area (Å²) in [4.78, 5) is 12.5. The minimum atomic E-state index is -4.35. The molecule has 0 N–H and O–H groups in total. The van der Waals surface area contributed by atoms with E-state index in [-0.39, 0.29) is 17.6 Å². The number of rotatable bonds is 4. The Morgan fingerprint density at radius 2 is 1.71 bits per heavy atom. The Balaban J connectivity index is 1.79. The van der Waals surface area contributed by atoms with E-state index < -0.39 is 11.7 Å². The maximum absolute atomic E-state index is 13.2. The van der Waals surface area contributed by atoms with Crippen LogP contribution in [0.1, 0.15) is 46.7 Å². The van der Waals surface area contributed by atoms with E-state index in [9.17, 15) is 18.0 Å². The van der Waals surface area contributed by atoms with Crippen LogP contribution >= 0.6 is 22.6 Å². The molecule has 24 heavy (non-hydrogen) atoms. The predicted octanol–water partition coefficient (Wildman–Crippen LogP) is 6.08. The summed E-state index contributed by atoms with van der Waals surface area (Å²) < 4.78 is 40.5. The van der Waals surface area contributed by atoms with Gasteiger partial charge in [0.15, 0.2) is 5.78 Å². The number of benzene rings is 2. The fourth-order valence-corrected chi connectivity index (χ4v) is 4.02. The van der Waals surface area contributed by atoms with Gasteiger partial charge >= 0.3 is 6.18 Å². The fourth-order valence-electron chi connectivity index (χ4n) is 3.34. The van der Waals surface area contributed by atoms with Crippen LogP contribution in [0.25, 0.3) is 0 Å². The number of carbonyl (C=O) groups excluding carboxylic acids is 1. The van der Waals surface area contributed by atoms with Crippen molar-refractivity contribution >= 4 is 28.4 Å². The number of ketones is 1. The second kappa shape index (κ2) is 6.86. The molecule has 0 spiro atoms. The molecule has 126 valence electrons. The third-order valence-corrected chi connectivity index (χ3v) is 5.65. The molecule has 0 saturated heterocycles. The molecule has 1 fully saturated rings. The highest BCUT2D eigenvalue weighted by atomic mass is 127. The lowest BCUT2D eigenvalue weighted by Crippen LogP contribution is -2.28. The van der Waals surface area contributed by atoms with Crippen LogP contribution < -0.4 is 0 Å². The molecule has 2 aromatic carbocycles. The predicted molar refractivity (Wildman–Crippen MR) is 95.0 cm³/mol. The van der Waals surface area contributed by atoms with E-state index in [1.165, 1.54) is 6.07 Å². The van der Waals surface area contributed by atoms with Gasteiger partial charge in [0.25, 0.3) is 0 Å². The highest BCUT2D eigenvalue weighted by molar-refractivity contribution is 14.1. The summed E-state index contributed by atoms with van der Waals surface area (Å²) in [6.07, 6.45) is -2.55. The maximum atomic E-state index is 13.2. The van der Waals surface area contributed by atoms with E-state index in [1.54, 1.807) is 18.2 Å². The van der Waals surface area contributed by atoms with Crippen molar-refractivity contribution in [3.63, 3.8) is 0 Å². The molecular formula is C19H16F3IO. The van der Waals surface area contributed by atoms with Crippen molar-refractivity contribution in [1.82, 2.24) is 0 Å². The van der Waals surface area contributed by atoms with Gasteiger partial charge in [-0.2, -0.15) is 13.2 Å². The van der Waals surface area contributed by atoms with Gasteiger partial charge < -0.3 is 0 Å². The Morgan fingerprint density at radius 3 is 2.33 bits per heavy atom. The van der Waals surface area contributed by atoms with Crippen molar-refractivity contribution in [3.8, 4) is 0 Å². The van der Waals surface area contributed by atoms with Crippen LogP contribution in [0, 0.1) is 9.49 Å². The van der Waals surface area contributed by atoms with Crippen LogP contribution in [-0.4, -0.2) is 5.78 Å². The molecule has 2 aromatic rings. The number of hydrogen-bond donors (Lipinski definition) is 0. The Labute approximate surface area is 152 Å². The van der Waals surface area contributed by atoms with Crippen LogP contribution in [0.3, 0.4) is 0 Å². The summed E-state index contributed by atoms with van der Waals surface area (Å²) in [5.74, 6) is -0.190. The highest BCUT2D eigenvalue weighted by Gasteiger charge is 2.40. The van der Waals surface area contributed by atoms with Crippen LogP contribution in [0.4, 0.5) is 13.2 Å². The number of carbonyl (C=O) groups is 1. The maximum Gasteiger partial charge on any atom is 0.416 e. The normalized spacial score (nSPS) is 20.5. The molecular weight excluding hydrogens is 428 g/mol. The van der Waals surface area contributed by atoms with Crippen LogP contribution in [0.2, 0.25) is 0 Å². The highest BCUT2D eigenvalue weighted by Crippen LogP contribution is 2.48. The zero-order chi connectivity index (χ0) is 17.3. The Morgan fingerprint density at radius 1 is 1.04 bits per heavy atom. The van der Waals surface area contributed by atoms with Crippen molar-refractivity contribution in [2.24, 2.45) is 5.92 Å². The largest absolute Gasteiger partial charge is 0.416 e. The molecule has 1 aliphatic rings. The van der Waals surface area contributed by atoms with Gasteiger partial charge in [-0.3, -0.25) is 4.79 Å². The lowest BCUT2D eigenvalue weighted by Gasteiger charge is -2.38. The van der Waals surface area contributed by atoms with E-state index in [2.05, 4.69) is 22.6 Å². The molecule has 2 atom stereocenters. The van der Waals surface area contributed by atoms with Crippen molar-refractivity contribution in [3.05, 3.63) is 68.8 Å². The van der Waals surface area contributed by atoms with Crippen molar-refractivity contribution < 1.29 is 18.0 Å². The summed E-state index contributed by atoms with van der Waals surface area (Å²) in [6, 6.07) is 13.1. The molecule has 0 aliphatic heterocycles. The Bertz CT molecular complexity index is 754. The van der Waals surface area contributed by atoms with Gasteiger partial charge in [0, 0.05) is 15.6 Å². The smallest absolute Gasteiger partial charge is 0.294 e. The summed E-state index contributed by atoms with van der Waals surface area (Å²) in [5, 5.41) is 0. The lowest BCUT2D eigenvalue weighted by atomic mass is 9.66. The van der Waals surface area contributed by atoms with Gasteiger partial charge in [-0.25, -0.2) is 0 Å². The summed E-state index contributed by atoms with van der Waals surface area (Å²) in [5.41, 5.74) is 0.422.